The van der Waals surface area contributed by atoms with Crippen LogP contribution in [0.4, 0.5) is 0 Å². The maximum absolute atomic E-state index is 11.8. The maximum atomic E-state index is 11.8. The molecule has 6 nitrogen and oxygen atoms in total. The van der Waals surface area contributed by atoms with E-state index in [1.807, 2.05) is 0 Å². The molecule has 0 aliphatic heterocycles. The lowest BCUT2D eigenvalue weighted by Crippen LogP contribution is -2.31. The molecule has 0 heterocycles. The van der Waals surface area contributed by atoms with Crippen LogP contribution >= 0.6 is 11.6 Å². The molecular weight excluding hydrogens is 346 g/mol. The molecule has 0 aromatic heterocycles. The highest BCUT2D eigenvalue weighted by Crippen LogP contribution is 2.09. The average molecular weight is 362 g/mol. The van der Waals surface area contributed by atoms with E-state index in [9.17, 15) is 14.4 Å². The molecule has 1 N–H and O–H groups in total. The van der Waals surface area contributed by atoms with Crippen LogP contribution in [0.25, 0.3) is 0 Å². The second-order valence-electron chi connectivity index (χ2n) is 4.91. The SMILES string of the molecule is O=C(CNC(=O)c1ccc(Cl)cc1)OCCOC(=O)c1ccccc1. The predicted octanol–water partition coefficient (Wildman–Crippen LogP) is 2.47. The minimum atomic E-state index is -0.627. The van der Waals surface area contributed by atoms with Crippen molar-refractivity contribution in [2.45, 2.75) is 0 Å². The summed E-state index contributed by atoms with van der Waals surface area (Å²) in [6.07, 6.45) is 0. The van der Waals surface area contributed by atoms with Gasteiger partial charge in [0.05, 0.1) is 5.56 Å². The van der Waals surface area contributed by atoms with Gasteiger partial charge in [-0.05, 0) is 36.4 Å². The van der Waals surface area contributed by atoms with Crippen molar-refractivity contribution in [2.24, 2.45) is 0 Å². The molecule has 2 aromatic carbocycles. The molecule has 0 radical (unpaired) electrons. The zero-order valence-electron chi connectivity index (χ0n) is 13.2. The quantitative estimate of drug-likeness (QED) is 0.605. The van der Waals surface area contributed by atoms with Crippen LogP contribution in [0.1, 0.15) is 20.7 Å². The van der Waals surface area contributed by atoms with Crippen LogP contribution in [-0.2, 0) is 14.3 Å². The Balaban J connectivity index is 1.63. The Labute approximate surface area is 149 Å². The lowest BCUT2D eigenvalue weighted by atomic mass is 10.2. The lowest BCUT2D eigenvalue weighted by molar-refractivity contribution is -0.143. The van der Waals surface area contributed by atoms with E-state index in [1.54, 1.807) is 54.6 Å². The fourth-order valence-corrected chi connectivity index (χ4v) is 1.98. The number of carbonyl (C=O) groups excluding carboxylic acids is 3. The topological polar surface area (TPSA) is 81.7 Å². The van der Waals surface area contributed by atoms with Crippen LogP contribution in [-0.4, -0.2) is 37.6 Å². The molecule has 0 atom stereocenters. The fraction of sp³-hybridized carbons (Fsp3) is 0.167. The lowest BCUT2D eigenvalue weighted by Gasteiger charge is -2.07. The van der Waals surface area contributed by atoms with Crippen molar-refractivity contribution in [1.82, 2.24) is 5.32 Å². The van der Waals surface area contributed by atoms with Crippen LogP contribution < -0.4 is 5.32 Å². The summed E-state index contributed by atoms with van der Waals surface area (Å²) in [7, 11) is 0. The van der Waals surface area contributed by atoms with Crippen molar-refractivity contribution in [3.8, 4) is 0 Å². The molecule has 0 fully saturated rings. The number of esters is 2. The summed E-state index contributed by atoms with van der Waals surface area (Å²) >= 11 is 5.73. The van der Waals surface area contributed by atoms with Crippen molar-refractivity contribution in [3.63, 3.8) is 0 Å². The number of hydrogen-bond donors (Lipinski definition) is 1. The summed E-state index contributed by atoms with van der Waals surface area (Å²) in [5.74, 6) is -1.53. The van der Waals surface area contributed by atoms with Crippen molar-refractivity contribution in [3.05, 3.63) is 70.7 Å². The van der Waals surface area contributed by atoms with Gasteiger partial charge in [-0.3, -0.25) is 9.59 Å². The van der Waals surface area contributed by atoms with E-state index in [0.717, 1.165) is 0 Å². The van der Waals surface area contributed by atoms with E-state index in [-0.39, 0.29) is 19.8 Å². The van der Waals surface area contributed by atoms with Crippen LogP contribution in [0.5, 0.6) is 0 Å². The minimum absolute atomic E-state index is 0.0649. The normalized spacial score (nSPS) is 9.96. The monoisotopic (exact) mass is 361 g/mol. The Hall–Kier alpha value is -2.86. The number of hydrogen-bond acceptors (Lipinski definition) is 5. The van der Waals surface area contributed by atoms with Gasteiger partial charge in [0.25, 0.3) is 5.91 Å². The molecule has 1 amide bonds. The Bertz CT molecular complexity index is 731. The predicted molar refractivity (Wildman–Crippen MR) is 91.5 cm³/mol. The summed E-state index contributed by atoms with van der Waals surface area (Å²) in [4.78, 5) is 35.0. The number of halogens is 1. The largest absolute Gasteiger partial charge is 0.461 e. The van der Waals surface area contributed by atoms with Crippen molar-refractivity contribution >= 4 is 29.4 Å². The van der Waals surface area contributed by atoms with E-state index in [2.05, 4.69) is 5.32 Å². The number of carbonyl (C=O) groups is 3. The van der Waals surface area contributed by atoms with Gasteiger partial charge in [-0.15, -0.1) is 0 Å². The highest BCUT2D eigenvalue weighted by Gasteiger charge is 2.10. The smallest absolute Gasteiger partial charge is 0.338 e. The fourth-order valence-electron chi connectivity index (χ4n) is 1.85. The molecule has 130 valence electrons. The first-order chi connectivity index (χ1) is 12.1. The minimum Gasteiger partial charge on any atom is -0.461 e. The Kier molecular flexibility index (Phi) is 6.98. The maximum Gasteiger partial charge on any atom is 0.338 e. The highest BCUT2D eigenvalue weighted by atomic mass is 35.5. The summed E-state index contributed by atoms with van der Waals surface area (Å²) in [6, 6.07) is 14.7. The molecule has 2 rings (SSSR count). The first-order valence-electron chi connectivity index (χ1n) is 7.48. The van der Waals surface area contributed by atoms with Gasteiger partial charge >= 0.3 is 11.9 Å². The average Bonchev–Trinajstić information content (AvgIpc) is 2.64. The third-order valence-corrected chi connectivity index (χ3v) is 3.34. The van der Waals surface area contributed by atoms with Gasteiger partial charge in [-0.1, -0.05) is 29.8 Å². The summed E-state index contributed by atoms with van der Waals surface area (Å²) in [6.45, 7) is -0.438. The van der Waals surface area contributed by atoms with Crippen LogP contribution in [0.15, 0.2) is 54.6 Å². The van der Waals surface area contributed by atoms with E-state index in [1.165, 1.54) is 0 Å². The molecular formula is C18H16ClNO5. The van der Waals surface area contributed by atoms with Gasteiger partial charge in [-0.2, -0.15) is 0 Å². The molecule has 0 bridgehead atoms. The van der Waals surface area contributed by atoms with Crippen molar-refractivity contribution in [1.29, 1.82) is 0 Å². The third-order valence-electron chi connectivity index (χ3n) is 3.09. The van der Waals surface area contributed by atoms with Gasteiger partial charge in [-0.25, -0.2) is 4.79 Å². The summed E-state index contributed by atoms with van der Waals surface area (Å²) in [5, 5.41) is 2.94. The standard InChI is InChI=1S/C18H16ClNO5/c19-15-8-6-13(7-9-15)17(22)20-12-16(21)24-10-11-25-18(23)14-4-2-1-3-5-14/h1-9H,10-12H2,(H,20,22). The molecule has 0 aliphatic rings. The number of amides is 1. The third kappa shape index (κ3) is 6.27. The van der Waals surface area contributed by atoms with Crippen LogP contribution in [0, 0.1) is 0 Å². The van der Waals surface area contributed by atoms with Gasteiger partial charge in [0.15, 0.2) is 0 Å². The summed E-state index contributed by atoms with van der Waals surface area (Å²) < 4.78 is 9.85. The van der Waals surface area contributed by atoms with Gasteiger partial charge < -0.3 is 14.8 Å². The number of rotatable bonds is 7. The van der Waals surface area contributed by atoms with Crippen LogP contribution in [0.2, 0.25) is 5.02 Å². The Morgan fingerprint density at radius 2 is 1.48 bits per heavy atom. The number of nitrogens with one attached hydrogen (secondary N) is 1. The molecule has 0 saturated carbocycles. The van der Waals surface area contributed by atoms with E-state index in [0.29, 0.717) is 16.1 Å². The van der Waals surface area contributed by atoms with Gasteiger partial charge in [0, 0.05) is 10.6 Å². The van der Waals surface area contributed by atoms with E-state index in [4.69, 9.17) is 21.1 Å². The molecule has 0 spiro atoms. The van der Waals surface area contributed by atoms with Crippen molar-refractivity contribution in [2.75, 3.05) is 19.8 Å². The zero-order valence-corrected chi connectivity index (χ0v) is 14.0. The molecule has 7 heteroatoms. The second-order valence-corrected chi connectivity index (χ2v) is 5.35. The second kappa shape index (κ2) is 9.44. The number of ether oxygens (including phenoxy) is 2. The Morgan fingerprint density at radius 1 is 0.840 bits per heavy atom. The van der Waals surface area contributed by atoms with Crippen molar-refractivity contribution < 1.29 is 23.9 Å². The molecule has 0 aliphatic carbocycles. The highest BCUT2D eigenvalue weighted by molar-refractivity contribution is 6.30. The Morgan fingerprint density at radius 3 is 2.16 bits per heavy atom. The van der Waals surface area contributed by atoms with Gasteiger partial charge in [0.1, 0.15) is 19.8 Å². The van der Waals surface area contributed by atoms with E-state index < -0.39 is 17.8 Å². The zero-order chi connectivity index (χ0) is 18.1. The number of benzene rings is 2. The molecule has 0 unspecified atom stereocenters. The molecule has 0 saturated heterocycles. The van der Waals surface area contributed by atoms with E-state index >= 15 is 0 Å². The first kappa shape index (κ1) is 18.5. The van der Waals surface area contributed by atoms with Crippen LogP contribution in [0.3, 0.4) is 0 Å². The molecule has 2 aromatic rings. The summed E-state index contributed by atoms with van der Waals surface area (Å²) in [5.41, 5.74) is 0.804. The van der Waals surface area contributed by atoms with Gasteiger partial charge in [0.2, 0.25) is 0 Å². The first-order valence-corrected chi connectivity index (χ1v) is 7.85. The molecule has 25 heavy (non-hydrogen) atoms.